The van der Waals surface area contributed by atoms with Crippen molar-refractivity contribution in [1.29, 1.82) is 0 Å². The Morgan fingerprint density at radius 1 is 1.30 bits per heavy atom. The molecule has 0 aromatic heterocycles. The zero-order valence-electron chi connectivity index (χ0n) is 6.82. The Morgan fingerprint density at radius 2 is 1.80 bits per heavy atom. The molecule has 0 aromatic rings. The van der Waals surface area contributed by atoms with Crippen molar-refractivity contribution in [3.63, 3.8) is 0 Å². The third-order valence-corrected chi connectivity index (χ3v) is 0.929. The van der Waals surface area contributed by atoms with Gasteiger partial charge < -0.3 is 4.74 Å². The van der Waals surface area contributed by atoms with Gasteiger partial charge in [0.2, 0.25) is 0 Å². The Bertz CT molecular complexity index is 191. The topological polar surface area (TPSA) is 26.3 Å². The summed E-state index contributed by atoms with van der Waals surface area (Å²) in [6.45, 7) is 5.44. The molecule has 0 saturated carbocycles. The Kier molecular flexibility index (Phi) is 3.52. The summed E-state index contributed by atoms with van der Waals surface area (Å²) in [5.74, 6) is -0.318. The number of ether oxygens (including phenoxy) is 1. The zero-order chi connectivity index (χ0) is 8.15. The molecule has 0 aromatic carbocycles. The van der Waals surface area contributed by atoms with Gasteiger partial charge in [-0.05, 0) is 26.3 Å². The molecule has 2 heteroatoms. The van der Waals surface area contributed by atoms with Crippen molar-refractivity contribution in [2.45, 2.75) is 20.8 Å². The Morgan fingerprint density at radius 3 is 2.10 bits per heavy atom. The molecule has 0 spiro atoms. The second kappa shape index (κ2) is 3.91. The molecule has 0 bridgehead atoms. The maximum atomic E-state index is 10.7. The number of hydrogen-bond acceptors (Lipinski definition) is 2. The van der Waals surface area contributed by atoms with Crippen LogP contribution in [-0.4, -0.2) is 13.1 Å². The first-order valence-electron chi connectivity index (χ1n) is 3.07. The van der Waals surface area contributed by atoms with Crippen LogP contribution < -0.4 is 0 Å². The van der Waals surface area contributed by atoms with Crippen molar-refractivity contribution in [1.82, 2.24) is 0 Å². The Hall–Kier alpha value is -1.01. The molecule has 0 fully saturated rings. The van der Waals surface area contributed by atoms with Crippen molar-refractivity contribution < 1.29 is 9.53 Å². The minimum atomic E-state index is -0.318. The molecule has 0 atom stereocenters. The van der Waals surface area contributed by atoms with E-state index >= 15 is 0 Å². The lowest BCUT2D eigenvalue weighted by Crippen LogP contribution is -1.99. The largest absolute Gasteiger partial charge is 0.465 e. The van der Waals surface area contributed by atoms with Gasteiger partial charge in [0.25, 0.3) is 0 Å². The molecule has 0 unspecified atom stereocenters. The molecule has 0 N–H and O–H groups in total. The van der Waals surface area contributed by atoms with Crippen molar-refractivity contribution in [3.8, 4) is 0 Å². The number of carbonyl (C=O) groups is 1. The highest BCUT2D eigenvalue weighted by Gasteiger charge is 1.99. The molecular weight excluding hydrogens is 128 g/mol. The predicted octanol–water partition coefficient (Wildman–Crippen LogP) is 1.67. The molecule has 0 aliphatic carbocycles. The number of hydrogen-bond donors (Lipinski definition) is 0. The van der Waals surface area contributed by atoms with Crippen LogP contribution in [0.25, 0.3) is 0 Å². The van der Waals surface area contributed by atoms with E-state index in [4.69, 9.17) is 0 Å². The fraction of sp³-hybridized carbons (Fsp3) is 0.500. The van der Waals surface area contributed by atoms with Crippen LogP contribution in [0.5, 0.6) is 0 Å². The smallest absolute Gasteiger partial charge is 0.341 e. The fourth-order valence-electron chi connectivity index (χ4n) is 0.579. The van der Waals surface area contributed by atoms with E-state index in [9.17, 15) is 4.79 Å². The van der Waals surface area contributed by atoms with Crippen LogP contribution in [0.3, 0.4) is 0 Å². The summed E-state index contributed by atoms with van der Waals surface area (Å²) < 4.78 is 4.46. The molecule has 0 heterocycles. The van der Waals surface area contributed by atoms with E-state index < -0.39 is 0 Å². The highest BCUT2D eigenvalue weighted by molar-refractivity contribution is 5.87. The van der Waals surface area contributed by atoms with E-state index in [1.165, 1.54) is 7.11 Å². The van der Waals surface area contributed by atoms with Crippen LogP contribution in [0.2, 0.25) is 0 Å². The average molecular weight is 140 g/mol. The lowest BCUT2D eigenvalue weighted by atomic mass is 10.3. The number of carbonyl (C=O) groups excluding carboxylic acids is 1. The van der Waals surface area contributed by atoms with Crippen LogP contribution in [0.15, 0.2) is 16.9 Å². The maximum Gasteiger partial charge on any atom is 0.341 e. The molecule has 0 aliphatic heterocycles. The van der Waals surface area contributed by atoms with E-state index in [1.807, 2.05) is 13.8 Å². The normalized spacial score (nSPS) is 8.00. The van der Waals surface area contributed by atoms with Gasteiger partial charge in [0.05, 0.1) is 12.7 Å². The summed E-state index contributed by atoms with van der Waals surface area (Å²) in [4.78, 5) is 10.7. The molecule has 10 heavy (non-hydrogen) atoms. The average Bonchev–Trinajstić information content (AvgIpc) is 1.85. The molecule has 0 radical (unpaired) electrons. The minimum absolute atomic E-state index is 0.318. The first-order valence-corrected chi connectivity index (χ1v) is 3.07. The lowest BCUT2D eigenvalue weighted by molar-refractivity contribution is -0.136. The van der Waals surface area contributed by atoms with Gasteiger partial charge >= 0.3 is 5.97 Å². The highest BCUT2D eigenvalue weighted by atomic mass is 16.5. The number of rotatable bonds is 1. The van der Waals surface area contributed by atoms with E-state index in [0.29, 0.717) is 5.57 Å². The quantitative estimate of drug-likeness (QED) is 0.314. The van der Waals surface area contributed by atoms with Gasteiger partial charge in [0.15, 0.2) is 0 Å². The van der Waals surface area contributed by atoms with Crippen LogP contribution in [0, 0.1) is 0 Å². The summed E-state index contributed by atoms with van der Waals surface area (Å²) in [6.07, 6.45) is 0. The van der Waals surface area contributed by atoms with E-state index in [-0.39, 0.29) is 5.97 Å². The molecular formula is C8H12O2. The Balaban J connectivity index is 4.51. The Labute approximate surface area is 61.2 Å². The molecule has 0 rings (SSSR count). The van der Waals surface area contributed by atoms with Gasteiger partial charge in [-0.3, -0.25) is 0 Å². The van der Waals surface area contributed by atoms with E-state index in [0.717, 1.165) is 5.57 Å². The van der Waals surface area contributed by atoms with E-state index in [1.54, 1.807) is 6.92 Å². The van der Waals surface area contributed by atoms with Gasteiger partial charge in [0.1, 0.15) is 0 Å². The van der Waals surface area contributed by atoms with Crippen LogP contribution in [-0.2, 0) is 9.53 Å². The van der Waals surface area contributed by atoms with Gasteiger partial charge in [-0.25, -0.2) is 4.79 Å². The molecule has 0 saturated heterocycles. The van der Waals surface area contributed by atoms with Crippen molar-refractivity contribution in [2.24, 2.45) is 0 Å². The fourth-order valence-corrected chi connectivity index (χ4v) is 0.579. The highest BCUT2D eigenvalue weighted by Crippen LogP contribution is 1.95. The summed E-state index contributed by atoms with van der Waals surface area (Å²) in [6, 6.07) is 0. The standard InChI is InChI=1S/C8H12O2/c1-6(2)5-7(3)8(9)10-4/h1-4H3. The summed E-state index contributed by atoms with van der Waals surface area (Å²) in [7, 11) is 1.36. The van der Waals surface area contributed by atoms with Crippen LogP contribution >= 0.6 is 0 Å². The monoisotopic (exact) mass is 140 g/mol. The second-order valence-corrected chi connectivity index (χ2v) is 2.24. The van der Waals surface area contributed by atoms with Crippen molar-refractivity contribution in [3.05, 3.63) is 16.9 Å². The molecule has 2 nitrogen and oxygen atoms in total. The van der Waals surface area contributed by atoms with Crippen molar-refractivity contribution >= 4 is 5.97 Å². The van der Waals surface area contributed by atoms with Crippen LogP contribution in [0.4, 0.5) is 0 Å². The SMILES string of the molecule is COC(=O)C(C)=C=C(C)C. The third-order valence-electron chi connectivity index (χ3n) is 0.929. The first-order chi connectivity index (χ1) is 4.57. The minimum Gasteiger partial charge on any atom is -0.465 e. The third kappa shape index (κ3) is 3.10. The number of esters is 1. The summed E-state index contributed by atoms with van der Waals surface area (Å²) in [5.41, 5.74) is 4.34. The number of methoxy groups -OCH3 is 1. The maximum absolute atomic E-state index is 10.7. The van der Waals surface area contributed by atoms with Gasteiger partial charge in [-0.2, -0.15) is 0 Å². The van der Waals surface area contributed by atoms with Gasteiger partial charge in [-0.15, -0.1) is 5.73 Å². The lowest BCUT2D eigenvalue weighted by Gasteiger charge is -1.93. The van der Waals surface area contributed by atoms with E-state index in [2.05, 4.69) is 10.5 Å². The first kappa shape index (κ1) is 8.99. The molecule has 56 valence electrons. The predicted molar refractivity (Wildman–Crippen MR) is 39.6 cm³/mol. The second-order valence-electron chi connectivity index (χ2n) is 2.24. The molecule has 0 aliphatic rings. The summed E-state index contributed by atoms with van der Waals surface area (Å²) >= 11 is 0. The van der Waals surface area contributed by atoms with Crippen molar-refractivity contribution in [2.75, 3.05) is 7.11 Å². The van der Waals surface area contributed by atoms with Crippen LogP contribution in [0.1, 0.15) is 20.8 Å². The summed E-state index contributed by atoms with van der Waals surface area (Å²) in [5, 5.41) is 0. The molecule has 0 amide bonds. The van der Waals surface area contributed by atoms with Gasteiger partial charge in [0, 0.05) is 0 Å². The zero-order valence-corrected chi connectivity index (χ0v) is 6.82. The van der Waals surface area contributed by atoms with Gasteiger partial charge in [-0.1, -0.05) is 0 Å².